The fourth-order valence-electron chi connectivity index (χ4n) is 3.46. The number of guanidine groups is 1. The van der Waals surface area contributed by atoms with Gasteiger partial charge in [-0.25, -0.2) is 4.98 Å². The number of imidazole rings is 1. The Balaban J connectivity index is 0.00000225. The Morgan fingerprint density at radius 2 is 2.16 bits per heavy atom. The third-order valence-electron chi connectivity index (χ3n) is 4.76. The Bertz CT molecular complexity index is 503. The van der Waals surface area contributed by atoms with Crippen LogP contribution < -0.4 is 5.32 Å². The van der Waals surface area contributed by atoms with Crippen molar-refractivity contribution in [2.45, 2.75) is 32.4 Å². The molecule has 0 saturated carbocycles. The van der Waals surface area contributed by atoms with E-state index in [9.17, 15) is 0 Å². The van der Waals surface area contributed by atoms with Crippen molar-refractivity contribution in [2.75, 3.05) is 52.5 Å². The number of hydrogen-bond donors (Lipinski definition) is 1. The summed E-state index contributed by atoms with van der Waals surface area (Å²) in [6.07, 6.45) is 7.94. The van der Waals surface area contributed by atoms with E-state index in [2.05, 4.69) is 31.6 Å². The molecule has 3 rings (SSSR count). The van der Waals surface area contributed by atoms with E-state index in [1.54, 1.807) is 0 Å². The molecule has 1 aromatic rings. The number of halogens is 1. The molecule has 1 atom stereocenters. The van der Waals surface area contributed by atoms with Crippen LogP contribution in [0.4, 0.5) is 0 Å². The van der Waals surface area contributed by atoms with Crippen molar-refractivity contribution < 1.29 is 4.74 Å². The maximum absolute atomic E-state index is 5.47. The van der Waals surface area contributed by atoms with Gasteiger partial charge in [0.05, 0.1) is 19.5 Å². The second-order valence-electron chi connectivity index (χ2n) is 6.43. The zero-order valence-corrected chi connectivity index (χ0v) is 17.5. The van der Waals surface area contributed by atoms with Gasteiger partial charge in [0.2, 0.25) is 0 Å². The lowest BCUT2D eigenvalue weighted by Crippen LogP contribution is -2.46. The van der Waals surface area contributed by atoms with Crippen molar-refractivity contribution in [3.8, 4) is 0 Å². The van der Waals surface area contributed by atoms with Crippen LogP contribution in [0.5, 0.6) is 0 Å². The van der Waals surface area contributed by atoms with E-state index in [4.69, 9.17) is 9.73 Å². The minimum absolute atomic E-state index is 0. The molecule has 1 unspecified atom stereocenters. The Labute approximate surface area is 167 Å². The molecule has 142 valence electrons. The standard InChI is InChI=1S/C17H30N6O.HI/c1-2-19-17(20-5-3-7-21-9-6-18-15-21)23-8-4-16(14-23)22-10-12-24-13-11-22;/h6,9,15-16H,2-5,7-8,10-14H2,1H3,(H,19,20);1H. The summed E-state index contributed by atoms with van der Waals surface area (Å²) in [5.41, 5.74) is 0. The van der Waals surface area contributed by atoms with Crippen LogP contribution in [0.2, 0.25) is 0 Å². The summed E-state index contributed by atoms with van der Waals surface area (Å²) in [7, 11) is 0. The Hall–Kier alpha value is -0.870. The van der Waals surface area contributed by atoms with Crippen molar-refractivity contribution >= 4 is 29.9 Å². The van der Waals surface area contributed by atoms with Crippen molar-refractivity contribution in [2.24, 2.45) is 4.99 Å². The quantitative estimate of drug-likeness (QED) is 0.299. The summed E-state index contributed by atoms with van der Waals surface area (Å²) in [6, 6.07) is 0.642. The van der Waals surface area contributed by atoms with Gasteiger partial charge in [0.1, 0.15) is 0 Å². The van der Waals surface area contributed by atoms with E-state index >= 15 is 0 Å². The lowest BCUT2D eigenvalue weighted by Gasteiger charge is -2.32. The van der Waals surface area contributed by atoms with Crippen LogP contribution in [0.25, 0.3) is 0 Å². The third-order valence-corrected chi connectivity index (χ3v) is 4.76. The molecule has 8 heteroatoms. The molecule has 0 aliphatic carbocycles. The summed E-state index contributed by atoms with van der Waals surface area (Å²) in [4.78, 5) is 13.9. The number of aryl methyl sites for hydroxylation is 1. The van der Waals surface area contributed by atoms with E-state index in [0.29, 0.717) is 6.04 Å². The van der Waals surface area contributed by atoms with Gasteiger partial charge in [0.25, 0.3) is 0 Å². The predicted octanol–water partition coefficient (Wildman–Crippen LogP) is 1.26. The topological polar surface area (TPSA) is 57.9 Å². The number of rotatable bonds is 6. The summed E-state index contributed by atoms with van der Waals surface area (Å²) < 4.78 is 7.57. The lowest BCUT2D eigenvalue weighted by molar-refractivity contribution is 0.0195. The van der Waals surface area contributed by atoms with Crippen LogP contribution in [0.3, 0.4) is 0 Å². The average molecular weight is 462 g/mol. The van der Waals surface area contributed by atoms with Crippen LogP contribution in [-0.2, 0) is 11.3 Å². The zero-order chi connectivity index (χ0) is 16.6. The van der Waals surface area contributed by atoms with E-state index in [1.807, 2.05) is 18.7 Å². The highest BCUT2D eigenvalue weighted by Crippen LogP contribution is 2.17. The van der Waals surface area contributed by atoms with Crippen molar-refractivity contribution in [3.63, 3.8) is 0 Å². The first-order valence-corrected chi connectivity index (χ1v) is 9.17. The fraction of sp³-hybridized carbons (Fsp3) is 0.765. The summed E-state index contributed by atoms with van der Waals surface area (Å²) in [5, 5.41) is 3.46. The first-order chi connectivity index (χ1) is 11.9. The van der Waals surface area contributed by atoms with Crippen LogP contribution in [0, 0.1) is 0 Å². The Kier molecular flexibility index (Phi) is 8.97. The number of nitrogens with zero attached hydrogens (tertiary/aromatic N) is 5. The molecule has 1 N–H and O–H groups in total. The summed E-state index contributed by atoms with van der Waals surface area (Å²) in [6.45, 7) is 10.9. The van der Waals surface area contributed by atoms with Gasteiger partial charge >= 0.3 is 0 Å². The lowest BCUT2D eigenvalue weighted by atomic mass is 10.2. The normalized spacial score (nSPS) is 22.0. The van der Waals surface area contributed by atoms with Gasteiger partial charge in [-0.05, 0) is 19.8 Å². The summed E-state index contributed by atoms with van der Waals surface area (Å²) in [5.74, 6) is 1.07. The minimum atomic E-state index is 0. The molecule has 7 nitrogen and oxygen atoms in total. The van der Waals surface area contributed by atoms with E-state index in [0.717, 1.165) is 71.4 Å². The molecule has 0 radical (unpaired) electrons. The molecule has 0 amide bonds. The Morgan fingerprint density at radius 3 is 2.88 bits per heavy atom. The number of ether oxygens (including phenoxy) is 1. The molecule has 2 fully saturated rings. The zero-order valence-electron chi connectivity index (χ0n) is 15.1. The third kappa shape index (κ3) is 6.10. The first kappa shape index (κ1) is 20.4. The molecule has 25 heavy (non-hydrogen) atoms. The number of nitrogens with one attached hydrogen (secondary N) is 1. The fourth-order valence-corrected chi connectivity index (χ4v) is 3.46. The number of aromatic nitrogens is 2. The van der Waals surface area contributed by atoms with Crippen LogP contribution >= 0.6 is 24.0 Å². The maximum Gasteiger partial charge on any atom is 0.193 e. The van der Waals surface area contributed by atoms with Crippen LogP contribution in [0.15, 0.2) is 23.7 Å². The van der Waals surface area contributed by atoms with Crippen molar-refractivity contribution in [3.05, 3.63) is 18.7 Å². The molecule has 2 saturated heterocycles. The van der Waals surface area contributed by atoms with Gasteiger partial charge in [-0.3, -0.25) is 9.89 Å². The van der Waals surface area contributed by atoms with Gasteiger partial charge in [0, 0.05) is 64.2 Å². The highest BCUT2D eigenvalue weighted by Gasteiger charge is 2.30. The van der Waals surface area contributed by atoms with Gasteiger partial charge in [-0.1, -0.05) is 0 Å². The molecule has 2 aliphatic heterocycles. The van der Waals surface area contributed by atoms with E-state index in [-0.39, 0.29) is 24.0 Å². The molecule has 0 spiro atoms. The predicted molar refractivity (Wildman–Crippen MR) is 111 cm³/mol. The van der Waals surface area contributed by atoms with Gasteiger partial charge in [0.15, 0.2) is 5.96 Å². The number of aliphatic imine (C=N–C) groups is 1. The van der Waals surface area contributed by atoms with E-state index in [1.165, 1.54) is 6.42 Å². The van der Waals surface area contributed by atoms with Crippen LogP contribution in [-0.4, -0.2) is 83.8 Å². The second kappa shape index (κ2) is 11.0. The van der Waals surface area contributed by atoms with Gasteiger partial charge < -0.3 is 19.5 Å². The van der Waals surface area contributed by atoms with Crippen molar-refractivity contribution in [1.82, 2.24) is 24.7 Å². The monoisotopic (exact) mass is 462 g/mol. The average Bonchev–Trinajstić information content (AvgIpc) is 3.30. The maximum atomic E-state index is 5.47. The molecule has 0 bridgehead atoms. The highest BCUT2D eigenvalue weighted by atomic mass is 127. The molecule has 3 heterocycles. The number of hydrogen-bond acceptors (Lipinski definition) is 4. The molecular formula is C17H31IN6O. The molecular weight excluding hydrogens is 431 g/mol. The SMILES string of the molecule is CCNC(=NCCCn1ccnc1)N1CCC(N2CCOCC2)C1.I. The molecule has 0 aromatic carbocycles. The first-order valence-electron chi connectivity index (χ1n) is 9.17. The largest absolute Gasteiger partial charge is 0.379 e. The van der Waals surface area contributed by atoms with E-state index < -0.39 is 0 Å². The van der Waals surface area contributed by atoms with Gasteiger partial charge in [-0.2, -0.15) is 0 Å². The highest BCUT2D eigenvalue weighted by molar-refractivity contribution is 14.0. The van der Waals surface area contributed by atoms with Crippen molar-refractivity contribution in [1.29, 1.82) is 0 Å². The Morgan fingerprint density at radius 1 is 1.32 bits per heavy atom. The molecule has 2 aliphatic rings. The minimum Gasteiger partial charge on any atom is -0.379 e. The summed E-state index contributed by atoms with van der Waals surface area (Å²) >= 11 is 0. The molecule has 1 aromatic heterocycles. The number of likely N-dealkylation sites (tertiary alicyclic amines) is 1. The van der Waals surface area contributed by atoms with Crippen LogP contribution in [0.1, 0.15) is 19.8 Å². The number of morpholine rings is 1. The van der Waals surface area contributed by atoms with Gasteiger partial charge in [-0.15, -0.1) is 24.0 Å². The smallest absolute Gasteiger partial charge is 0.193 e. The second-order valence-corrected chi connectivity index (χ2v) is 6.43.